The van der Waals surface area contributed by atoms with Gasteiger partial charge in [0.2, 0.25) is 0 Å². The third-order valence-electron chi connectivity index (χ3n) is 2.95. The molecule has 0 N–H and O–H groups in total. The zero-order chi connectivity index (χ0) is 13.7. The van der Waals surface area contributed by atoms with E-state index in [2.05, 4.69) is 35.0 Å². The van der Waals surface area contributed by atoms with E-state index in [-0.39, 0.29) is 0 Å². The topological polar surface area (TPSA) is 18.5 Å². The molecule has 100 valence electrons. The summed E-state index contributed by atoms with van der Waals surface area (Å²) in [6, 6.07) is 14.1. The number of aryl methyl sites for hydroxylation is 1. The Kier molecular flexibility index (Phi) is 4.86. The molecular formula is C16H17BrO2. The molecule has 0 radical (unpaired) electrons. The zero-order valence-electron chi connectivity index (χ0n) is 11.2. The van der Waals surface area contributed by atoms with Crippen LogP contribution in [0.1, 0.15) is 16.7 Å². The number of ether oxygens (including phenoxy) is 2. The van der Waals surface area contributed by atoms with Crippen LogP contribution in [0, 0.1) is 6.92 Å². The zero-order valence-corrected chi connectivity index (χ0v) is 12.7. The number of para-hydroxylation sites is 1. The fourth-order valence-corrected chi connectivity index (χ4v) is 2.38. The summed E-state index contributed by atoms with van der Waals surface area (Å²) < 4.78 is 11.2. The van der Waals surface area contributed by atoms with E-state index in [1.54, 1.807) is 7.11 Å². The lowest BCUT2D eigenvalue weighted by Crippen LogP contribution is -2.00. The minimum atomic E-state index is 0.544. The molecular weight excluding hydrogens is 304 g/mol. The molecule has 0 heterocycles. The number of hydrogen-bond donors (Lipinski definition) is 0. The van der Waals surface area contributed by atoms with Crippen LogP contribution in [0.2, 0.25) is 0 Å². The third-order valence-corrected chi connectivity index (χ3v) is 3.56. The Morgan fingerprint density at radius 1 is 1.11 bits per heavy atom. The van der Waals surface area contributed by atoms with Crippen molar-refractivity contribution in [2.45, 2.75) is 18.9 Å². The normalized spacial score (nSPS) is 10.3. The number of rotatable bonds is 5. The van der Waals surface area contributed by atoms with Crippen molar-refractivity contribution in [1.29, 1.82) is 0 Å². The highest BCUT2D eigenvalue weighted by molar-refractivity contribution is 9.08. The molecule has 0 atom stereocenters. The molecule has 0 saturated heterocycles. The van der Waals surface area contributed by atoms with E-state index in [1.807, 2.05) is 30.3 Å². The summed E-state index contributed by atoms with van der Waals surface area (Å²) in [6.07, 6.45) is 0. The van der Waals surface area contributed by atoms with Gasteiger partial charge < -0.3 is 9.47 Å². The monoisotopic (exact) mass is 320 g/mol. The van der Waals surface area contributed by atoms with Gasteiger partial charge in [-0.3, -0.25) is 0 Å². The predicted molar refractivity (Wildman–Crippen MR) is 81.1 cm³/mol. The van der Waals surface area contributed by atoms with Gasteiger partial charge in [0.25, 0.3) is 0 Å². The fraction of sp³-hybridized carbons (Fsp3) is 0.250. The molecule has 0 spiro atoms. The fourth-order valence-electron chi connectivity index (χ4n) is 1.94. The summed E-state index contributed by atoms with van der Waals surface area (Å²) in [5.41, 5.74) is 3.42. The van der Waals surface area contributed by atoms with E-state index < -0.39 is 0 Å². The van der Waals surface area contributed by atoms with E-state index in [4.69, 9.17) is 9.47 Å². The van der Waals surface area contributed by atoms with Crippen LogP contribution in [0.25, 0.3) is 0 Å². The Bertz CT molecular complexity index is 552. The van der Waals surface area contributed by atoms with Crippen LogP contribution in [-0.2, 0) is 11.9 Å². The quantitative estimate of drug-likeness (QED) is 0.756. The maximum Gasteiger partial charge on any atom is 0.126 e. The van der Waals surface area contributed by atoms with E-state index in [0.29, 0.717) is 6.61 Å². The molecule has 2 aromatic carbocycles. The average Bonchev–Trinajstić information content (AvgIpc) is 2.46. The molecule has 0 aliphatic rings. The number of methoxy groups -OCH3 is 1. The number of hydrogen-bond acceptors (Lipinski definition) is 2. The van der Waals surface area contributed by atoms with Gasteiger partial charge in [-0.25, -0.2) is 0 Å². The van der Waals surface area contributed by atoms with Gasteiger partial charge in [0.1, 0.15) is 18.1 Å². The summed E-state index contributed by atoms with van der Waals surface area (Å²) >= 11 is 3.49. The largest absolute Gasteiger partial charge is 0.497 e. The molecule has 2 rings (SSSR count). The standard InChI is InChI=1S/C16H17BrO2/c1-12-5-3-7-14(10-17)16(12)19-11-13-6-4-8-15(9-13)18-2/h3-9H,10-11H2,1-2H3. The molecule has 0 amide bonds. The second-order valence-electron chi connectivity index (χ2n) is 4.34. The molecule has 0 aliphatic carbocycles. The molecule has 0 aliphatic heterocycles. The van der Waals surface area contributed by atoms with Gasteiger partial charge in [0.05, 0.1) is 7.11 Å². The number of halogens is 1. The van der Waals surface area contributed by atoms with Gasteiger partial charge in [-0.2, -0.15) is 0 Å². The van der Waals surface area contributed by atoms with Crippen molar-refractivity contribution in [3.63, 3.8) is 0 Å². The van der Waals surface area contributed by atoms with E-state index in [9.17, 15) is 0 Å². The van der Waals surface area contributed by atoms with E-state index in [1.165, 1.54) is 5.56 Å². The van der Waals surface area contributed by atoms with Crippen LogP contribution in [0.5, 0.6) is 11.5 Å². The van der Waals surface area contributed by atoms with Gasteiger partial charge in [0, 0.05) is 10.9 Å². The van der Waals surface area contributed by atoms with E-state index in [0.717, 1.165) is 28.0 Å². The minimum absolute atomic E-state index is 0.544. The highest BCUT2D eigenvalue weighted by atomic mass is 79.9. The van der Waals surface area contributed by atoms with Crippen molar-refractivity contribution < 1.29 is 9.47 Å². The summed E-state index contributed by atoms with van der Waals surface area (Å²) in [5.74, 6) is 1.81. The Balaban J connectivity index is 2.14. The first-order valence-corrected chi connectivity index (χ1v) is 7.27. The van der Waals surface area contributed by atoms with Crippen molar-refractivity contribution >= 4 is 15.9 Å². The Labute approximate surface area is 122 Å². The van der Waals surface area contributed by atoms with Crippen LogP contribution in [0.15, 0.2) is 42.5 Å². The molecule has 0 fully saturated rings. The second-order valence-corrected chi connectivity index (χ2v) is 4.90. The minimum Gasteiger partial charge on any atom is -0.497 e. The van der Waals surface area contributed by atoms with Crippen LogP contribution in [0.4, 0.5) is 0 Å². The first kappa shape index (κ1) is 13.9. The van der Waals surface area contributed by atoms with E-state index >= 15 is 0 Å². The lowest BCUT2D eigenvalue weighted by molar-refractivity contribution is 0.301. The Morgan fingerprint density at radius 2 is 1.89 bits per heavy atom. The van der Waals surface area contributed by atoms with Crippen LogP contribution in [-0.4, -0.2) is 7.11 Å². The van der Waals surface area contributed by atoms with Gasteiger partial charge >= 0.3 is 0 Å². The van der Waals surface area contributed by atoms with Gasteiger partial charge in [-0.1, -0.05) is 46.3 Å². The Morgan fingerprint density at radius 3 is 2.63 bits per heavy atom. The molecule has 2 aromatic rings. The predicted octanol–water partition coefficient (Wildman–Crippen LogP) is 4.48. The van der Waals surface area contributed by atoms with Crippen LogP contribution in [0.3, 0.4) is 0 Å². The maximum atomic E-state index is 5.96. The highest BCUT2D eigenvalue weighted by Gasteiger charge is 2.06. The van der Waals surface area contributed by atoms with Gasteiger partial charge in [0.15, 0.2) is 0 Å². The molecule has 3 heteroatoms. The van der Waals surface area contributed by atoms with Crippen molar-refractivity contribution in [2.24, 2.45) is 0 Å². The summed E-state index contributed by atoms with van der Waals surface area (Å²) in [5, 5.41) is 0.794. The van der Waals surface area contributed by atoms with Crippen molar-refractivity contribution in [1.82, 2.24) is 0 Å². The number of benzene rings is 2. The van der Waals surface area contributed by atoms with Gasteiger partial charge in [-0.05, 0) is 30.2 Å². The first-order chi connectivity index (χ1) is 9.24. The first-order valence-electron chi connectivity index (χ1n) is 6.14. The second kappa shape index (κ2) is 6.62. The smallest absolute Gasteiger partial charge is 0.126 e. The summed E-state index contributed by atoms with van der Waals surface area (Å²) in [4.78, 5) is 0. The third kappa shape index (κ3) is 3.51. The lowest BCUT2D eigenvalue weighted by Gasteiger charge is -2.13. The average molecular weight is 321 g/mol. The lowest BCUT2D eigenvalue weighted by atomic mass is 10.1. The number of alkyl halides is 1. The SMILES string of the molecule is COc1cccc(COc2c(C)cccc2CBr)c1. The molecule has 0 saturated carbocycles. The summed E-state index contributed by atoms with van der Waals surface area (Å²) in [6.45, 7) is 2.61. The van der Waals surface area contributed by atoms with Gasteiger partial charge in [-0.15, -0.1) is 0 Å². The van der Waals surface area contributed by atoms with Crippen LogP contribution >= 0.6 is 15.9 Å². The molecule has 2 nitrogen and oxygen atoms in total. The van der Waals surface area contributed by atoms with Crippen molar-refractivity contribution in [2.75, 3.05) is 7.11 Å². The molecule has 19 heavy (non-hydrogen) atoms. The molecule has 0 aromatic heterocycles. The molecule has 0 bridgehead atoms. The van der Waals surface area contributed by atoms with Crippen molar-refractivity contribution in [3.05, 3.63) is 59.2 Å². The highest BCUT2D eigenvalue weighted by Crippen LogP contribution is 2.26. The van der Waals surface area contributed by atoms with Crippen molar-refractivity contribution in [3.8, 4) is 11.5 Å². The molecule has 0 unspecified atom stereocenters. The van der Waals surface area contributed by atoms with Crippen LogP contribution < -0.4 is 9.47 Å². The maximum absolute atomic E-state index is 5.96. The summed E-state index contributed by atoms with van der Waals surface area (Å²) in [7, 11) is 1.67. The Hall–Kier alpha value is -1.48.